The summed E-state index contributed by atoms with van der Waals surface area (Å²) in [5.41, 5.74) is 1.02. The molecule has 2 fully saturated rings. The van der Waals surface area contributed by atoms with Gasteiger partial charge in [0, 0.05) is 31.0 Å². The van der Waals surface area contributed by atoms with E-state index in [2.05, 4.69) is 34.1 Å². The zero-order valence-electron chi connectivity index (χ0n) is 18.7. The van der Waals surface area contributed by atoms with Crippen molar-refractivity contribution in [3.8, 4) is 5.69 Å². The predicted octanol–water partition coefficient (Wildman–Crippen LogP) is 4.45. The van der Waals surface area contributed by atoms with E-state index in [1.54, 1.807) is 46.1 Å². The summed E-state index contributed by atoms with van der Waals surface area (Å²) < 4.78 is 15.5. The van der Waals surface area contributed by atoms with Crippen LogP contribution in [0.1, 0.15) is 32.4 Å². The molecule has 2 aliphatic rings. The molecular formula is C23H25ClFN7O. The number of rotatable bonds is 6. The molecule has 3 aromatic rings. The highest BCUT2D eigenvalue weighted by Crippen LogP contribution is 2.47. The monoisotopic (exact) mass is 469 g/mol. The van der Waals surface area contributed by atoms with Gasteiger partial charge in [-0.1, -0.05) is 25.4 Å². The molecule has 1 saturated carbocycles. The fourth-order valence-electron chi connectivity index (χ4n) is 4.27. The number of nitrogens with zero attached hydrogens (tertiary/aromatic N) is 6. The first kappa shape index (κ1) is 21.6. The molecule has 3 heterocycles. The molecule has 1 aliphatic heterocycles. The average molecular weight is 470 g/mol. The fraction of sp³-hybridized carbons (Fsp3) is 0.391. The molecule has 8 nitrogen and oxygen atoms in total. The first-order valence-corrected chi connectivity index (χ1v) is 11.3. The normalized spacial score (nSPS) is 19.5. The van der Waals surface area contributed by atoms with Gasteiger partial charge in [-0.05, 0) is 43.0 Å². The van der Waals surface area contributed by atoms with Crippen LogP contribution in [-0.2, 0) is 5.54 Å². The SMILES string of the molecule is CC(C)C1CN(C)C(=O)N1c1ccnc(NC2(c3cn(-c4cc(F)cc(Cl)c4)cn3)CC2)n1. The maximum absolute atomic E-state index is 13.8. The number of amides is 2. The molecule has 2 aromatic heterocycles. The Morgan fingerprint density at radius 2 is 2.03 bits per heavy atom. The van der Waals surface area contributed by atoms with Crippen molar-refractivity contribution in [1.82, 2.24) is 24.4 Å². The number of imidazole rings is 1. The lowest BCUT2D eigenvalue weighted by Crippen LogP contribution is -2.38. The van der Waals surface area contributed by atoms with Gasteiger partial charge in [-0.2, -0.15) is 4.98 Å². The minimum Gasteiger partial charge on any atom is -0.343 e. The van der Waals surface area contributed by atoms with Gasteiger partial charge in [0.25, 0.3) is 0 Å². The fourth-order valence-corrected chi connectivity index (χ4v) is 4.49. The summed E-state index contributed by atoms with van der Waals surface area (Å²) in [4.78, 5) is 29.8. The second kappa shape index (κ2) is 7.98. The van der Waals surface area contributed by atoms with E-state index in [9.17, 15) is 9.18 Å². The molecule has 1 aromatic carbocycles. The minimum absolute atomic E-state index is 0.0499. The van der Waals surface area contributed by atoms with Crippen molar-refractivity contribution < 1.29 is 9.18 Å². The molecule has 172 valence electrons. The smallest absolute Gasteiger partial charge is 0.325 e. The number of halogens is 2. The lowest BCUT2D eigenvalue weighted by Gasteiger charge is -2.25. The van der Waals surface area contributed by atoms with Crippen molar-refractivity contribution in [1.29, 1.82) is 0 Å². The van der Waals surface area contributed by atoms with E-state index in [0.29, 0.717) is 34.9 Å². The van der Waals surface area contributed by atoms with Gasteiger partial charge >= 0.3 is 6.03 Å². The van der Waals surface area contributed by atoms with E-state index in [1.807, 2.05) is 6.20 Å². The Bertz CT molecular complexity index is 1190. The van der Waals surface area contributed by atoms with Crippen LogP contribution in [0.5, 0.6) is 0 Å². The van der Waals surface area contributed by atoms with Gasteiger partial charge in [0.1, 0.15) is 11.6 Å². The summed E-state index contributed by atoms with van der Waals surface area (Å²) in [6, 6.07) is 6.11. The lowest BCUT2D eigenvalue weighted by atomic mass is 10.0. The van der Waals surface area contributed by atoms with Gasteiger partial charge in [0.15, 0.2) is 0 Å². The number of benzene rings is 1. The molecule has 1 atom stereocenters. The second-order valence-corrected chi connectivity index (χ2v) is 9.52. The van der Waals surface area contributed by atoms with Crippen LogP contribution in [0.15, 0.2) is 43.0 Å². The van der Waals surface area contributed by atoms with E-state index in [4.69, 9.17) is 11.6 Å². The Balaban J connectivity index is 1.39. The molecule has 33 heavy (non-hydrogen) atoms. The summed E-state index contributed by atoms with van der Waals surface area (Å²) >= 11 is 6.00. The van der Waals surface area contributed by atoms with Crippen LogP contribution in [0.2, 0.25) is 5.02 Å². The third-order valence-electron chi connectivity index (χ3n) is 6.30. The zero-order chi connectivity index (χ0) is 23.3. The van der Waals surface area contributed by atoms with E-state index < -0.39 is 11.4 Å². The molecule has 5 rings (SSSR count). The number of carbonyl (C=O) groups excluding carboxylic acids is 1. The van der Waals surface area contributed by atoms with Crippen molar-refractivity contribution in [2.45, 2.75) is 38.3 Å². The van der Waals surface area contributed by atoms with Gasteiger partial charge in [-0.3, -0.25) is 4.90 Å². The molecule has 2 amide bonds. The van der Waals surface area contributed by atoms with Crippen molar-refractivity contribution >= 4 is 29.4 Å². The Hall–Kier alpha value is -3.20. The van der Waals surface area contributed by atoms with Crippen LogP contribution >= 0.6 is 11.6 Å². The van der Waals surface area contributed by atoms with Crippen LogP contribution in [0.3, 0.4) is 0 Å². The maximum atomic E-state index is 13.8. The number of hydrogen-bond donors (Lipinski definition) is 1. The van der Waals surface area contributed by atoms with Crippen LogP contribution in [0, 0.1) is 11.7 Å². The first-order valence-electron chi connectivity index (χ1n) is 10.9. The predicted molar refractivity (Wildman–Crippen MR) is 124 cm³/mol. The average Bonchev–Trinajstić information content (AvgIpc) is 3.23. The Labute approximate surface area is 196 Å². The van der Waals surface area contributed by atoms with Crippen LogP contribution < -0.4 is 10.2 Å². The van der Waals surface area contributed by atoms with Gasteiger partial charge in [0.2, 0.25) is 5.95 Å². The molecule has 0 radical (unpaired) electrons. The minimum atomic E-state index is -0.404. The molecular weight excluding hydrogens is 445 g/mol. The summed E-state index contributed by atoms with van der Waals surface area (Å²) in [6.45, 7) is 4.87. The third kappa shape index (κ3) is 4.01. The zero-order valence-corrected chi connectivity index (χ0v) is 19.4. The van der Waals surface area contributed by atoms with Crippen molar-refractivity contribution in [2.24, 2.45) is 5.92 Å². The number of carbonyl (C=O) groups is 1. The highest BCUT2D eigenvalue weighted by atomic mass is 35.5. The van der Waals surface area contributed by atoms with Gasteiger partial charge < -0.3 is 14.8 Å². The number of anilines is 2. The van der Waals surface area contributed by atoms with E-state index >= 15 is 0 Å². The first-order chi connectivity index (χ1) is 15.8. The van der Waals surface area contributed by atoms with Gasteiger partial charge in [0.05, 0.1) is 29.3 Å². The van der Waals surface area contributed by atoms with E-state index in [0.717, 1.165) is 18.5 Å². The van der Waals surface area contributed by atoms with Crippen LogP contribution in [-0.4, -0.2) is 50.1 Å². The third-order valence-corrected chi connectivity index (χ3v) is 6.52. The van der Waals surface area contributed by atoms with Crippen molar-refractivity contribution in [3.63, 3.8) is 0 Å². The van der Waals surface area contributed by atoms with E-state index in [-0.39, 0.29) is 12.1 Å². The highest BCUT2D eigenvalue weighted by Gasteiger charge is 2.47. The maximum Gasteiger partial charge on any atom is 0.325 e. The number of urea groups is 1. The number of hydrogen-bond acceptors (Lipinski definition) is 5. The van der Waals surface area contributed by atoms with Crippen LogP contribution in [0.4, 0.5) is 21.0 Å². The number of aromatic nitrogens is 4. The standard InChI is InChI=1S/C23H25ClFN7O/c1-14(2)18-11-30(3)22(33)32(18)20-4-7-26-21(28-20)29-23(5-6-23)19-12-31(13-27-19)17-9-15(24)8-16(25)10-17/h4,7-10,12-14,18H,5-6,11H2,1-3H3,(H,26,28,29). The highest BCUT2D eigenvalue weighted by molar-refractivity contribution is 6.30. The molecule has 1 N–H and O–H groups in total. The van der Waals surface area contributed by atoms with Gasteiger partial charge in [-0.25, -0.2) is 19.2 Å². The lowest BCUT2D eigenvalue weighted by molar-refractivity contribution is 0.229. The van der Waals surface area contributed by atoms with Gasteiger partial charge in [-0.15, -0.1) is 0 Å². The Kier molecular flexibility index (Phi) is 5.23. The second-order valence-electron chi connectivity index (χ2n) is 9.08. The molecule has 1 unspecified atom stereocenters. The van der Waals surface area contributed by atoms with Crippen molar-refractivity contribution in [3.05, 3.63) is 59.5 Å². The number of nitrogens with one attached hydrogen (secondary N) is 1. The number of likely N-dealkylation sites (N-methyl/N-ethyl adjacent to an activating group) is 1. The van der Waals surface area contributed by atoms with Crippen LogP contribution in [0.25, 0.3) is 5.69 Å². The Morgan fingerprint density at radius 3 is 2.73 bits per heavy atom. The van der Waals surface area contributed by atoms with E-state index in [1.165, 1.54) is 12.1 Å². The molecule has 0 bridgehead atoms. The summed E-state index contributed by atoms with van der Waals surface area (Å²) in [5.74, 6) is 0.911. The molecule has 1 saturated heterocycles. The molecule has 10 heteroatoms. The molecule has 1 aliphatic carbocycles. The quantitative estimate of drug-likeness (QED) is 0.577. The summed E-state index contributed by atoms with van der Waals surface area (Å²) in [5, 5.41) is 3.74. The Morgan fingerprint density at radius 1 is 1.24 bits per heavy atom. The summed E-state index contributed by atoms with van der Waals surface area (Å²) in [6.07, 6.45) is 6.90. The molecule has 0 spiro atoms. The van der Waals surface area contributed by atoms with Crippen molar-refractivity contribution in [2.75, 3.05) is 23.8 Å². The largest absolute Gasteiger partial charge is 0.343 e. The topological polar surface area (TPSA) is 79.2 Å². The summed E-state index contributed by atoms with van der Waals surface area (Å²) in [7, 11) is 1.80.